The van der Waals surface area contributed by atoms with Crippen molar-refractivity contribution in [3.05, 3.63) is 65.9 Å². The van der Waals surface area contributed by atoms with E-state index in [-0.39, 0.29) is 11.8 Å². The number of ether oxygens (including phenoxy) is 1. The molecule has 0 bridgehead atoms. The highest BCUT2D eigenvalue weighted by molar-refractivity contribution is 5.90. The van der Waals surface area contributed by atoms with Gasteiger partial charge in [-0.3, -0.25) is 9.69 Å². The number of anilines is 2. The summed E-state index contributed by atoms with van der Waals surface area (Å²) in [6.45, 7) is 12.3. The fourth-order valence-corrected chi connectivity index (χ4v) is 6.27. The number of likely N-dealkylation sites (tertiary alicyclic amines) is 1. The van der Waals surface area contributed by atoms with Crippen LogP contribution in [0.4, 0.5) is 11.5 Å². The molecular weight excluding hydrogens is 552 g/mol. The number of nitrogens with one attached hydrogen (secondary N) is 1. The predicted octanol–water partition coefficient (Wildman–Crippen LogP) is 6.01. The Balaban J connectivity index is 1.35. The molecule has 0 saturated carbocycles. The topological polar surface area (TPSA) is 106 Å². The van der Waals surface area contributed by atoms with Crippen molar-refractivity contribution in [2.45, 2.75) is 65.3 Å². The quantitative estimate of drug-likeness (QED) is 0.244. The molecule has 0 radical (unpaired) electrons. The van der Waals surface area contributed by atoms with E-state index in [1.54, 1.807) is 0 Å². The van der Waals surface area contributed by atoms with Crippen LogP contribution in [0.25, 0.3) is 11.4 Å². The Kier molecular flexibility index (Phi) is 11.2. The second-order valence-electron chi connectivity index (χ2n) is 12.6. The summed E-state index contributed by atoms with van der Waals surface area (Å²) in [6.07, 6.45) is 4.62. The van der Waals surface area contributed by atoms with Crippen molar-refractivity contribution in [1.29, 1.82) is 0 Å². The molecule has 2 fully saturated rings. The lowest BCUT2D eigenvalue weighted by molar-refractivity contribution is -0.116. The molecule has 1 atom stereocenters. The lowest BCUT2D eigenvalue weighted by Crippen LogP contribution is -2.38. The Labute approximate surface area is 262 Å². The Morgan fingerprint density at radius 3 is 2.36 bits per heavy atom. The van der Waals surface area contributed by atoms with E-state index in [0.717, 1.165) is 62.3 Å². The molecule has 0 spiro atoms. The molecule has 236 valence electrons. The van der Waals surface area contributed by atoms with Crippen LogP contribution in [0.2, 0.25) is 0 Å². The van der Waals surface area contributed by atoms with Gasteiger partial charge in [0.1, 0.15) is 0 Å². The number of benzene rings is 2. The molecule has 1 unspecified atom stereocenters. The van der Waals surface area contributed by atoms with Crippen LogP contribution in [0.15, 0.2) is 54.6 Å². The van der Waals surface area contributed by atoms with E-state index in [4.69, 9.17) is 25.4 Å². The van der Waals surface area contributed by atoms with Gasteiger partial charge in [-0.15, -0.1) is 0 Å². The number of carbonyl (C=O) groups is 1. The number of carbonyl (C=O) groups excluding carboxylic acids is 1. The van der Waals surface area contributed by atoms with Crippen molar-refractivity contribution in [3.63, 3.8) is 0 Å². The van der Waals surface area contributed by atoms with E-state index in [1.807, 2.05) is 24.3 Å². The van der Waals surface area contributed by atoms with Crippen molar-refractivity contribution in [3.8, 4) is 17.1 Å². The Morgan fingerprint density at radius 2 is 1.70 bits per heavy atom. The molecular formula is C35H48N6O3. The van der Waals surface area contributed by atoms with Crippen LogP contribution in [0.5, 0.6) is 5.75 Å². The van der Waals surface area contributed by atoms with Gasteiger partial charge >= 0.3 is 0 Å². The van der Waals surface area contributed by atoms with Crippen LogP contribution < -0.4 is 21.0 Å². The average Bonchev–Trinajstić information content (AvgIpc) is 3.05. The van der Waals surface area contributed by atoms with Crippen LogP contribution in [-0.4, -0.2) is 60.2 Å². The first kappa shape index (κ1) is 31.9. The third-order valence-corrected chi connectivity index (χ3v) is 8.93. The minimum atomic E-state index is 0.0413. The molecule has 9 nitrogen and oxygen atoms in total. The van der Waals surface area contributed by atoms with E-state index in [0.29, 0.717) is 62.0 Å². The minimum absolute atomic E-state index is 0.0413. The Bertz CT molecular complexity index is 1340. The lowest BCUT2D eigenvalue weighted by atomic mass is 9.83. The van der Waals surface area contributed by atoms with Gasteiger partial charge in [-0.1, -0.05) is 57.5 Å². The van der Waals surface area contributed by atoms with Gasteiger partial charge in [0.2, 0.25) is 11.7 Å². The molecule has 0 aliphatic carbocycles. The minimum Gasteiger partial charge on any atom is -0.406 e. The van der Waals surface area contributed by atoms with Crippen molar-refractivity contribution in [1.82, 2.24) is 14.9 Å². The fourth-order valence-electron chi connectivity index (χ4n) is 6.27. The molecule has 44 heavy (non-hydrogen) atoms. The van der Waals surface area contributed by atoms with Crippen LogP contribution in [0, 0.1) is 11.8 Å². The zero-order valence-corrected chi connectivity index (χ0v) is 26.5. The number of amides is 1. The highest BCUT2D eigenvalue weighted by atomic mass is 16.6. The van der Waals surface area contributed by atoms with Crippen LogP contribution in [-0.2, 0) is 16.1 Å². The van der Waals surface area contributed by atoms with Gasteiger partial charge in [0.15, 0.2) is 11.6 Å². The van der Waals surface area contributed by atoms with E-state index < -0.39 is 0 Å². The molecule has 2 aliphatic rings. The number of hydrogen-bond donors (Lipinski definition) is 2. The van der Waals surface area contributed by atoms with Gasteiger partial charge in [-0.05, 0) is 74.0 Å². The number of aromatic nitrogens is 2. The molecule has 5 rings (SSSR count). The van der Waals surface area contributed by atoms with E-state index >= 15 is 0 Å². The summed E-state index contributed by atoms with van der Waals surface area (Å²) in [4.78, 5) is 32.8. The number of hydrogen-bond acceptors (Lipinski definition) is 8. The highest BCUT2D eigenvalue weighted by Crippen LogP contribution is 2.41. The monoisotopic (exact) mass is 600 g/mol. The summed E-state index contributed by atoms with van der Waals surface area (Å²) in [7, 11) is 0. The van der Waals surface area contributed by atoms with E-state index in [9.17, 15) is 4.79 Å². The number of morpholine rings is 1. The smallest absolute Gasteiger partial charge is 0.224 e. The van der Waals surface area contributed by atoms with Gasteiger partial charge in [0.05, 0.1) is 18.9 Å². The maximum atomic E-state index is 12.4. The van der Waals surface area contributed by atoms with Gasteiger partial charge < -0.3 is 19.8 Å². The predicted molar refractivity (Wildman–Crippen MR) is 175 cm³/mol. The van der Waals surface area contributed by atoms with Gasteiger partial charge in [-0.2, -0.15) is 5.90 Å². The first-order chi connectivity index (χ1) is 21.4. The molecule has 2 aromatic carbocycles. The van der Waals surface area contributed by atoms with E-state index in [2.05, 4.69) is 66.2 Å². The van der Waals surface area contributed by atoms with E-state index in [1.165, 1.54) is 5.56 Å². The van der Waals surface area contributed by atoms with Gasteiger partial charge in [0, 0.05) is 43.2 Å². The molecule has 3 aromatic rings. The standard InChI is InChI=1S/C35H48N6O3/c1-25(2)8-7-11-31(42)37-30-14-12-29(13-15-30)34-38-32(33(44-36)35(39-34)41-20-22-43-23-21-41)26(3)28-16-18-40(19-17-28)24-27-9-5-4-6-10-27/h4-6,9-10,12-15,25-26,28H,7-8,11,16-24,36H2,1-3H3,(H,37,42). The molecule has 9 heteroatoms. The summed E-state index contributed by atoms with van der Waals surface area (Å²) in [5.41, 5.74) is 3.86. The first-order valence-corrected chi connectivity index (χ1v) is 16.2. The lowest BCUT2D eigenvalue weighted by Gasteiger charge is -2.36. The number of nitrogens with zero attached hydrogens (tertiary/aromatic N) is 4. The fraction of sp³-hybridized carbons (Fsp3) is 0.514. The van der Waals surface area contributed by atoms with Crippen molar-refractivity contribution >= 4 is 17.4 Å². The van der Waals surface area contributed by atoms with Gasteiger partial charge in [-0.25, -0.2) is 9.97 Å². The number of piperidine rings is 1. The largest absolute Gasteiger partial charge is 0.406 e. The first-order valence-electron chi connectivity index (χ1n) is 16.2. The highest BCUT2D eigenvalue weighted by Gasteiger charge is 2.31. The van der Waals surface area contributed by atoms with Crippen molar-refractivity contribution in [2.24, 2.45) is 17.7 Å². The van der Waals surface area contributed by atoms with Crippen LogP contribution in [0.1, 0.15) is 70.1 Å². The number of rotatable bonds is 12. The summed E-state index contributed by atoms with van der Waals surface area (Å²) in [6, 6.07) is 18.5. The summed E-state index contributed by atoms with van der Waals surface area (Å²) in [5.74, 6) is 9.08. The second-order valence-corrected chi connectivity index (χ2v) is 12.6. The van der Waals surface area contributed by atoms with Crippen LogP contribution >= 0.6 is 0 Å². The second kappa shape index (κ2) is 15.5. The zero-order chi connectivity index (χ0) is 30.9. The average molecular weight is 601 g/mol. The summed E-state index contributed by atoms with van der Waals surface area (Å²) >= 11 is 0. The molecule has 2 aliphatic heterocycles. The Hall–Kier alpha value is -3.53. The Morgan fingerprint density at radius 1 is 1.00 bits per heavy atom. The third-order valence-electron chi connectivity index (χ3n) is 8.93. The third kappa shape index (κ3) is 8.34. The molecule has 3 N–H and O–H groups in total. The van der Waals surface area contributed by atoms with Gasteiger partial charge in [0.25, 0.3) is 0 Å². The molecule has 1 aromatic heterocycles. The molecule has 1 amide bonds. The maximum Gasteiger partial charge on any atom is 0.224 e. The normalized spacial score (nSPS) is 17.1. The zero-order valence-electron chi connectivity index (χ0n) is 26.5. The molecule has 3 heterocycles. The maximum absolute atomic E-state index is 12.4. The summed E-state index contributed by atoms with van der Waals surface area (Å²) < 4.78 is 5.62. The van der Waals surface area contributed by atoms with Crippen molar-refractivity contribution in [2.75, 3.05) is 49.6 Å². The van der Waals surface area contributed by atoms with Crippen molar-refractivity contribution < 1.29 is 14.4 Å². The number of nitrogens with two attached hydrogens (primary N) is 1. The van der Waals surface area contributed by atoms with Crippen LogP contribution in [0.3, 0.4) is 0 Å². The summed E-state index contributed by atoms with van der Waals surface area (Å²) in [5, 5.41) is 3.02. The SMILES string of the molecule is CC(C)CCCC(=O)Nc1ccc(-c2nc(C(C)C3CCN(Cc4ccccc4)CC3)c(ON)c(N3CCOCC3)n2)cc1. The molecule has 2 saturated heterocycles.